The second-order valence-electron chi connectivity index (χ2n) is 7.49. The Balaban J connectivity index is 1.59. The molecule has 2 saturated heterocycles. The number of aryl methyl sites for hydroxylation is 1. The minimum absolute atomic E-state index is 0.00980. The number of carbonyl (C=O) groups is 2. The molecular formula is C19H23FN4O3. The fourth-order valence-electron chi connectivity index (χ4n) is 4.41. The van der Waals surface area contributed by atoms with Gasteiger partial charge in [0, 0.05) is 31.9 Å². The fourth-order valence-corrected chi connectivity index (χ4v) is 4.41. The molecule has 27 heavy (non-hydrogen) atoms. The van der Waals surface area contributed by atoms with Crippen molar-refractivity contribution >= 4 is 17.5 Å². The van der Waals surface area contributed by atoms with E-state index in [0.717, 1.165) is 6.42 Å². The lowest BCUT2D eigenvalue weighted by Crippen LogP contribution is -2.51. The second kappa shape index (κ2) is 6.60. The normalized spacial score (nSPS) is 23.0. The number of aliphatic hydroxyl groups excluding tert-OH is 1. The molecule has 1 spiro atoms. The SMILES string of the molecule is Cc1cccc2nc(C(=O)N3CCC4(CCCN(CCO)C4=O)C3)c(F)n12. The minimum Gasteiger partial charge on any atom is -0.395 e. The van der Waals surface area contributed by atoms with Crippen LogP contribution in [0.2, 0.25) is 0 Å². The van der Waals surface area contributed by atoms with Gasteiger partial charge < -0.3 is 14.9 Å². The van der Waals surface area contributed by atoms with Gasteiger partial charge in [0.05, 0.1) is 12.0 Å². The lowest BCUT2D eigenvalue weighted by molar-refractivity contribution is -0.146. The Morgan fingerprint density at radius 3 is 2.89 bits per heavy atom. The van der Waals surface area contributed by atoms with Crippen LogP contribution in [0.5, 0.6) is 0 Å². The first-order valence-corrected chi connectivity index (χ1v) is 9.30. The zero-order valence-corrected chi connectivity index (χ0v) is 15.3. The topological polar surface area (TPSA) is 78.2 Å². The number of piperidine rings is 1. The highest BCUT2D eigenvalue weighted by Gasteiger charge is 2.49. The molecule has 7 nitrogen and oxygen atoms in total. The molecule has 4 rings (SSSR count). The van der Waals surface area contributed by atoms with Crippen LogP contribution in [-0.4, -0.2) is 68.9 Å². The van der Waals surface area contributed by atoms with Crippen molar-refractivity contribution in [2.75, 3.05) is 32.8 Å². The number of nitrogens with zero attached hydrogens (tertiary/aromatic N) is 4. The molecular weight excluding hydrogens is 351 g/mol. The van der Waals surface area contributed by atoms with Crippen molar-refractivity contribution in [3.05, 3.63) is 35.5 Å². The second-order valence-corrected chi connectivity index (χ2v) is 7.49. The van der Waals surface area contributed by atoms with Gasteiger partial charge in [0.15, 0.2) is 5.69 Å². The number of hydrogen-bond acceptors (Lipinski definition) is 4. The molecule has 1 atom stereocenters. The number of rotatable bonds is 3. The Labute approximate surface area is 156 Å². The quantitative estimate of drug-likeness (QED) is 0.877. The van der Waals surface area contributed by atoms with Crippen molar-refractivity contribution in [2.45, 2.75) is 26.2 Å². The number of halogens is 1. The molecule has 144 valence electrons. The molecule has 2 fully saturated rings. The summed E-state index contributed by atoms with van der Waals surface area (Å²) in [5.41, 5.74) is 0.246. The zero-order chi connectivity index (χ0) is 19.2. The van der Waals surface area contributed by atoms with E-state index in [2.05, 4.69) is 4.98 Å². The standard InChI is InChI=1S/C19H23FN4O3/c1-13-4-2-5-14-21-15(16(20)24(13)14)17(26)23-9-7-19(12-23)6-3-8-22(10-11-25)18(19)27/h2,4-5,25H,3,6-12H2,1H3. The van der Waals surface area contributed by atoms with Crippen molar-refractivity contribution in [3.63, 3.8) is 0 Å². The Morgan fingerprint density at radius 2 is 2.15 bits per heavy atom. The predicted octanol–water partition coefficient (Wildman–Crippen LogP) is 1.23. The Bertz CT molecular complexity index is 910. The number of hydrogen-bond donors (Lipinski definition) is 1. The molecule has 4 heterocycles. The smallest absolute Gasteiger partial charge is 0.277 e. The maximum Gasteiger partial charge on any atom is 0.277 e. The Kier molecular flexibility index (Phi) is 4.38. The summed E-state index contributed by atoms with van der Waals surface area (Å²) in [6, 6.07) is 5.19. The number of carbonyl (C=O) groups excluding carboxylic acids is 2. The first-order chi connectivity index (χ1) is 13.0. The van der Waals surface area contributed by atoms with Crippen LogP contribution in [0.3, 0.4) is 0 Å². The van der Waals surface area contributed by atoms with E-state index in [4.69, 9.17) is 5.11 Å². The van der Waals surface area contributed by atoms with Crippen molar-refractivity contribution in [1.29, 1.82) is 0 Å². The Hall–Kier alpha value is -2.48. The summed E-state index contributed by atoms with van der Waals surface area (Å²) in [5, 5.41) is 9.17. The number of aromatic nitrogens is 2. The molecule has 2 aromatic rings. The van der Waals surface area contributed by atoms with Crippen molar-refractivity contribution in [2.24, 2.45) is 5.41 Å². The van der Waals surface area contributed by atoms with Gasteiger partial charge >= 0.3 is 0 Å². The molecule has 0 aliphatic carbocycles. The van der Waals surface area contributed by atoms with Gasteiger partial charge in [0.1, 0.15) is 5.65 Å². The van der Waals surface area contributed by atoms with Gasteiger partial charge in [-0.05, 0) is 38.3 Å². The number of imidazole rings is 1. The summed E-state index contributed by atoms with van der Waals surface area (Å²) >= 11 is 0. The zero-order valence-electron chi connectivity index (χ0n) is 15.3. The summed E-state index contributed by atoms with van der Waals surface area (Å²) in [7, 11) is 0. The van der Waals surface area contributed by atoms with Crippen LogP contribution in [0.4, 0.5) is 4.39 Å². The van der Waals surface area contributed by atoms with Crippen LogP contribution < -0.4 is 0 Å². The summed E-state index contributed by atoms with van der Waals surface area (Å²) in [6.45, 7) is 3.32. The van der Waals surface area contributed by atoms with Gasteiger partial charge in [-0.2, -0.15) is 4.39 Å². The summed E-state index contributed by atoms with van der Waals surface area (Å²) < 4.78 is 16.1. The van der Waals surface area contributed by atoms with Gasteiger partial charge in [-0.25, -0.2) is 4.98 Å². The molecule has 2 amide bonds. The monoisotopic (exact) mass is 374 g/mol. The number of pyridine rings is 1. The van der Waals surface area contributed by atoms with Gasteiger partial charge in [0.25, 0.3) is 5.91 Å². The minimum atomic E-state index is -0.661. The van der Waals surface area contributed by atoms with Crippen LogP contribution in [0, 0.1) is 18.3 Å². The van der Waals surface area contributed by atoms with Crippen LogP contribution in [-0.2, 0) is 4.79 Å². The van der Waals surface area contributed by atoms with Crippen molar-refractivity contribution in [3.8, 4) is 0 Å². The van der Waals surface area contributed by atoms with Gasteiger partial charge in [-0.15, -0.1) is 0 Å². The molecule has 0 saturated carbocycles. The lowest BCUT2D eigenvalue weighted by atomic mass is 9.78. The van der Waals surface area contributed by atoms with E-state index in [9.17, 15) is 14.0 Å². The van der Waals surface area contributed by atoms with Crippen LogP contribution in [0.1, 0.15) is 35.4 Å². The Morgan fingerprint density at radius 1 is 1.33 bits per heavy atom. The molecule has 8 heteroatoms. The fraction of sp³-hybridized carbons (Fsp3) is 0.526. The highest BCUT2D eigenvalue weighted by molar-refractivity contribution is 5.94. The molecule has 0 bridgehead atoms. The van der Waals surface area contributed by atoms with Gasteiger partial charge in [0.2, 0.25) is 11.9 Å². The van der Waals surface area contributed by atoms with Crippen LogP contribution in [0.25, 0.3) is 5.65 Å². The molecule has 2 aromatic heterocycles. The van der Waals surface area contributed by atoms with Gasteiger partial charge in [-0.3, -0.25) is 14.0 Å². The molecule has 2 aliphatic rings. The average Bonchev–Trinajstić information content (AvgIpc) is 3.22. The number of likely N-dealkylation sites (tertiary alicyclic amines) is 2. The summed E-state index contributed by atoms with van der Waals surface area (Å²) in [5.74, 6) is -1.14. The van der Waals surface area contributed by atoms with Crippen molar-refractivity contribution < 1.29 is 19.1 Å². The summed E-state index contributed by atoms with van der Waals surface area (Å²) in [4.78, 5) is 33.2. The van der Waals surface area contributed by atoms with Crippen LogP contribution in [0.15, 0.2) is 18.2 Å². The third kappa shape index (κ3) is 2.79. The van der Waals surface area contributed by atoms with E-state index in [0.29, 0.717) is 43.8 Å². The van der Waals surface area contributed by atoms with Crippen molar-refractivity contribution in [1.82, 2.24) is 19.2 Å². The highest BCUT2D eigenvalue weighted by atomic mass is 19.1. The number of fused-ring (bicyclic) bond motifs is 1. The average molecular weight is 374 g/mol. The van der Waals surface area contributed by atoms with E-state index in [-0.39, 0.29) is 24.8 Å². The lowest BCUT2D eigenvalue weighted by Gasteiger charge is -2.39. The molecule has 1 N–H and O–H groups in total. The molecule has 2 aliphatic heterocycles. The number of aliphatic hydroxyl groups is 1. The largest absolute Gasteiger partial charge is 0.395 e. The predicted molar refractivity (Wildman–Crippen MR) is 95.7 cm³/mol. The van der Waals surface area contributed by atoms with E-state index in [1.54, 1.807) is 34.9 Å². The van der Waals surface area contributed by atoms with E-state index < -0.39 is 17.3 Å². The maximum atomic E-state index is 14.8. The molecule has 0 aromatic carbocycles. The number of β-amino-alcohol motifs (C(OH)–C–C–N with tert-alkyl or cyclic N) is 1. The first kappa shape index (κ1) is 17.9. The van der Waals surface area contributed by atoms with Crippen LogP contribution >= 0.6 is 0 Å². The van der Waals surface area contributed by atoms with Gasteiger partial charge in [-0.1, -0.05) is 6.07 Å². The van der Waals surface area contributed by atoms with E-state index >= 15 is 0 Å². The molecule has 1 unspecified atom stereocenters. The van der Waals surface area contributed by atoms with E-state index in [1.165, 1.54) is 4.40 Å². The number of amides is 2. The third-order valence-electron chi connectivity index (χ3n) is 5.82. The first-order valence-electron chi connectivity index (χ1n) is 9.30. The highest BCUT2D eigenvalue weighted by Crippen LogP contribution is 2.40. The third-order valence-corrected chi connectivity index (χ3v) is 5.82. The van der Waals surface area contributed by atoms with E-state index in [1.807, 2.05) is 0 Å². The summed E-state index contributed by atoms with van der Waals surface area (Å²) in [6.07, 6.45) is 2.12. The molecule has 0 radical (unpaired) electrons. The maximum absolute atomic E-state index is 14.8.